The second-order valence-corrected chi connectivity index (χ2v) is 4.72. The van der Waals surface area contributed by atoms with E-state index in [0.717, 1.165) is 6.42 Å². The minimum atomic E-state index is -0.337. The number of fused-ring (bicyclic) bond motifs is 1. The number of aromatic nitrogens is 4. The molecule has 0 aliphatic carbocycles. The monoisotopic (exact) mass is 265 g/mol. The van der Waals surface area contributed by atoms with Crippen LogP contribution in [-0.4, -0.2) is 25.2 Å². The smallest absolute Gasteiger partial charge is 0.328 e. The fraction of sp³-hybridized carbons (Fsp3) is 0.583. The van der Waals surface area contributed by atoms with Crippen LogP contribution in [0.2, 0.25) is 0 Å². The number of hydrogen-bond acceptors (Lipinski definition) is 4. The average molecular weight is 265 g/mol. The van der Waals surface area contributed by atoms with Gasteiger partial charge >= 0.3 is 5.69 Å². The van der Waals surface area contributed by atoms with Crippen LogP contribution in [0.3, 0.4) is 0 Å². The summed E-state index contributed by atoms with van der Waals surface area (Å²) in [4.78, 5) is 29.0. The van der Waals surface area contributed by atoms with Crippen LogP contribution in [0.25, 0.3) is 11.2 Å². The molecule has 19 heavy (non-hydrogen) atoms. The van der Waals surface area contributed by atoms with Gasteiger partial charge in [-0.1, -0.05) is 6.92 Å². The minimum Gasteiger partial charge on any atom is -0.328 e. The summed E-state index contributed by atoms with van der Waals surface area (Å²) in [6.07, 6.45) is 2.34. The van der Waals surface area contributed by atoms with Crippen LogP contribution in [0, 0.1) is 0 Å². The predicted octanol–water partition coefficient (Wildman–Crippen LogP) is -0.174. The average Bonchev–Trinajstić information content (AvgIpc) is 2.76. The Morgan fingerprint density at radius 3 is 2.68 bits per heavy atom. The zero-order valence-electron chi connectivity index (χ0n) is 11.5. The van der Waals surface area contributed by atoms with E-state index in [1.54, 1.807) is 29.4 Å². The SMILES string of the molecule is CCCn1c(=O)n(C(C)CN)c(=O)c2c1ncn2C. The van der Waals surface area contributed by atoms with Crippen LogP contribution < -0.4 is 17.0 Å². The lowest BCUT2D eigenvalue weighted by molar-refractivity contribution is 0.485. The fourth-order valence-electron chi connectivity index (χ4n) is 2.20. The molecule has 0 radical (unpaired) electrons. The van der Waals surface area contributed by atoms with Crippen molar-refractivity contribution < 1.29 is 0 Å². The zero-order chi connectivity index (χ0) is 14.2. The first-order valence-electron chi connectivity index (χ1n) is 6.39. The summed E-state index contributed by atoms with van der Waals surface area (Å²) < 4.78 is 4.41. The van der Waals surface area contributed by atoms with Gasteiger partial charge in [0.2, 0.25) is 0 Å². The Bertz CT molecular complexity index is 709. The van der Waals surface area contributed by atoms with Crippen molar-refractivity contribution in [2.45, 2.75) is 32.9 Å². The highest BCUT2D eigenvalue weighted by Gasteiger charge is 2.18. The van der Waals surface area contributed by atoms with Gasteiger partial charge in [0.15, 0.2) is 11.2 Å². The van der Waals surface area contributed by atoms with E-state index in [-0.39, 0.29) is 23.8 Å². The largest absolute Gasteiger partial charge is 0.333 e. The Morgan fingerprint density at radius 1 is 1.42 bits per heavy atom. The summed E-state index contributed by atoms with van der Waals surface area (Å²) in [6.45, 7) is 4.51. The lowest BCUT2D eigenvalue weighted by atomic mass is 10.3. The second kappa shape index (κ2) is 5.00. The van der Waals surface area contributed by atoms with Gasteiger partial charge in [-0.05, 0) is 13.3 Å². The van der Waals surface area contributed by atoms with E-state index in [1.165, 1.54) is 4.57 Å². The van der Waals surface area contributed by atoms with E-state index < -0.39 is 0 Å². The van der Waals surface area contributed by atoms with Crippen LogP contribution in [0.15, 0.2) is 15.9 Å². The van der Waals surface area contributed by atoms with Crippen molar-refractivity contribution in [3.8, 4) is 0 Å². The van der Waals surface area contributed by atoms with E-state index in [4.69, 9.17) is 5.73 Å². The molecule has 0 saturated carbocycles. The molecule has 2 heterocycles. The van der Waals surface area contributed by atoms with E-state index in [2.05, 4.69) is 4.98 Å². The molecule has 7 nitrogen and oxygen atoms in total. The quantitative estimate of drug-likeness (QED) is 0.831. The van der Waals surface area contributed by atoms with Crippen LogP contribution >= 0.6 is 0 Å². The highest BCUT2D eigenvalue weighted by Crippen LogP contribution is 2.07. The number of nitrogens with zero attached hydrogens (tertiary/aromatic N) is 4. The topological polar surface area (TPSA) is 87.8 Å². The van der Waals surface area contributed by atoms with Gasteiger partial charge in [-0.25, -0.2) is 9.78 Å². The molecule has 0 bridgehead atoms. The number of aryl methyl sites for hydroxylation is 2. The van der Waals surface area contributed by atoms with E-state index in [0.29, 0.717) is 17.7 Å². The maximum absolute atomic E-state index is 12.4. The van der Waals surface area contributed by atoms with Gasteiger partial charge in [0.1, 0.15) is 0 Å². The van der Waals surface area contributed by atoms with Gasteiger partial charge in [0.25, 0.3) is 5.56 Å². The first-order valence-corrected chi connectivity index (χ1v) is 6.39. The van der Waals surface area contributed by atoms with Crippen LogP contribution in [0.4, 0.5) is 0 Å². The number of imidazole rings is 1. The van der Waals surface area contributed by atoms with Crippen molar-refractivity contribution in [2.75, 3.05) is 6.54 Å². The molecule has 0 amide bonds. The summed E-state index contributed by atoms with van der Waals surface area (Å²) in [5, 5.41) is 0. The predicted molar refractivity (Wildman–Crippen MR) is 73.3 cm³/mol. The normalized spacial score (nSPS) is 13.1. The Hall–Kier alpha value is -1.89. The Labute approximate surface area is 110 Å². The molecule has 2 rings (SSSR count). The second-order valence-electron chi connectivity index (χ2n) is 4.72. The molecule has 2 aromatic heterocycles. The summed E-state index contributed by atoms with van der Waals surface area (Å²) in [5.74, 6) is 0. The third-order valence-electron chi connectivity index (χ3n) is 3.26. The molecule has 1 unspecified atom stereocenters. The summed E-state index contributed by atoms with van der Waals surface area (Å²) in [7, 11) is 1.74. The summed E-state index contributed by atoms with van der Waals surface area (Å²) >= 11 is 0. The van der Waals surface area contributed by atoms with E-state index >= 15 is 0 Å². The van der Waals surface area contributed by atoms with Crippen molar-refractivity contribution in [3.05, 3.63) is 27.2 Å². The molecule has 0 saturated heterocycles. The van der Waals surface area contributed by atoms with Gasteiger partial charge in [0.05, 0.1) is 12.4 Å². The molecule has 0 spiro atoms. The van der Waals surface area contributed by atoms with Crippen molar-refractivity contribution in [3.63, 3.8) is 0 Å². The number of nitrogens with two attached hydrogens (primary N) is 1. The molecular weight excluding hydrogens is 246 g/mol. The maximum Gasteiger partial charge on any atom is 0.333 e. The van der Waals surface area contributed by atoms with Crippen LogP contribution in [0.1, 0.15) is 26.3 Å². The van der Waals surface area contributed by atoms with Gasteiger partial charge < -0.3 is 10.3 Å². The van der Waals surface area contributed by atoms with Crippen LogP contribution in [0.5, 0.6) is 0 Å². The minimum absolute atomic E-state index is 0.241. The van der Waals surface area contributed by atoms with Crippen molar-refractivity contribution >= 4 is 11.2 Å². The molecule has 104 valence electrons. The van der Waals surface area contributed by atoms with E-state index in [1.807, 2.05) is 6.92 Å². The first-order chi connectivity index (χ1) is 9.02. The molecule has 7 heteroatoms. The molecule has 2 N–H and O–H groups in total. The van der Waals surface area contributed by atoms with Crippen LogP contribution in [-0.2, 0) is 13.6 Å². The van der Waals surface area contributed by atoms with E-state index in [9.17, 15) is 9.59 Å². The van der Waals surface area contributed by atoms with Crippen molar-refractivity contribution in [1.82, 2.24) is 18.7 Å². The molecule has 0 aliphatic heterocycles. The molecule has 0 aliphatic rings. The van der Waals surface area contributed by atoms with Gasteiger partial charge in [-0.3, -0.25) is 13.9 Å². The van der Waals surface area contributed by atoms with Gasteiger partial charge in [0, 0.05) is 20.1 Å². The summed E-state index contributed by atoms with van der Waals surface area (Å²) in [6, 6.07) is -0.331. The lowest BCUT2D eigenvalue weighted by Gasteiger charge is -2.15. The molecule has 0 aromatic carbocycles. The third-order valence-corrected chi connectivity index (χ3v) is 3.26. The van der Waals surface area contributed by atoms with Gasteiger partial charge in [-0.15, -0.1) is 0 Å². The van der Waals surface area contributed by atoms with Crippen molar-refractivity contribution in [1.29, 1.82) is 0 Å². The molecule has 0 fully saturated rings. The highest BCUT2D eigenvalue weighted by molar-refractivity contribution is 5.69. The standard InChI is InChI=1S/C12H19N5O2/c1-4-5-16-10-9(15(3)7-14-10)11(18)17(12(16)19)8(2)6-13/h7-8H,4-6,13H2,1-3H3. The molecule has 2 aromatic rings. The highest BCUT2D eigenvalue weighted by atomic mass is 16.2. The zero-order valence-corrected chi connectivity index (χ0v) is 11.5. The number of rotatable bonds is 4. The van der Waals surface area contributed by atoms with Crippen molar-refractivity contribution in [2.24, 2.45) is 12.8 Å². The maximum atomic E-state index is 12.4. The Balaban J connectivity index is 2.93. The Morgan fingerprint density at radius 2 is 2.11 bits per heavy atom. The molecular formula is C12H19N5O2. The van der Waals surface area contributed by atoms with Gasteiger partial charge in [-0.2, -0.15) is 0 Å². The lowest BCUT2D eigenvalue weighted by Crippen LogP contribution is -2.43. The fourth-order valence-corrected chi connectivity index (χ4v) is 2.20. The molecule has 1 atom stereocenters. The number of hydrogen-bond donors (Lipinski definition) is 1. The Kier molecular flexibility index (Phi) is 3.57. The first kappa shape index (κ1) is 13.5. The third kappa shape index (κ3) is 1.99. The summed E-state index contributed by atoms with van der Waals surface area (Å²) in [5.41, 5.74) is 5.81.